The van der Waals surface area contributed by atoms with Crippen LogP contribution in [-0.2, 0) is 32.1 Å². The van der Waals surface area contributed by atoms with Gasteiger partial charge in [-0.1, -0.05) is 204 Å². The molecule has 8 aromatic rings. The highest BCUT2D eigenvalue weighted by Crippen LogP contribution is 2.38. The maximum Gasteiger partial charge on any atom is 0.193 e. The maximum atomic E-state index is 12.8. The van der Waals surface area contributed by atoms with Crippen LogP contribution in [0.15, 0.2) is 175 Å². The predicted octanol–water partition coefficient (Wildman–Crippen LogP) is 20.2. The summed E-state index contributed by atoms with van der Waals surface area (Å²) in [5.74, 6) is 2.12. The third kappa shape index (κ3) is 15.4. The molecule has 13 rings (SSSR count). The summed E-state index contributed by atoms with van der Waals surface area (Å²) in [5.41, 5.74) is 38.4. The van der Waals surface area contributed by atoms with Crippen LogP contribution in [0.5, 0.6) is 0 Å². The van der Waals surface area contributed by atoms with E-state index in [-0.39, 0.29) is 17.5 Å². The number of carbonyl (C=O) groups is 3. The van der Waals surface area contributed by atoms with E-state index < -0.39 is 0 Å². The standard InChI is InChI=1S/C19H20O.2C19H18O.C19H24.C8H11N/c3*1-12-4-6-15(7-5-12)17-9-8-16-11-13(2)10-14(3)18(16)19(17)20;1-13-4-6-16(7-5-13)17-8-9-18-11-14(2)10-15(3)19(18)12-17;1-6-3-7(2)5-8(9)4-6/h4-7,10-11,17H,8-9H2,1-3H3;2*4-7,9-11H,8H2,1-3H3;4,6-7,10-11,13,17H,5,8-9,12H2,1-3H3;3-5H,9H2,1-2H3. The molecule has 0 aliphatic heterocycles. The van der Waals surface area contributed by atoms with Crippen molar-refractivity contribution in [1.82, 2.24) is 0 Å². The number of ketones is 3. The summed E-state index contributed by atoms with van der Waals surface area (Å²) in [6, 6.07) is 48.3. The summed E-state index contributed by atoms with van der Waals surface area (Å²) in [5, 5.41) is 0. The molecule has 3 atom stereocenters. The highest BCUT2D eigenvalue weighted by Gasteiger charge is 2.31. The van der Waals surface area contributed by atoms with E-state index in [0.29, 0.717) is 5.78 Å². The second kappa shape index (κ2) is 28.1. The molecule has 0 radical (unpaired) electrons. The number of Topliss-reactive ketones (excluding diaryl/α,β-unsaturated/α-hetero) is 3. The maximum absolute atomic E-state index is 12.8. The third-order valence-electron chi connectivity index (χ3n) is 18.1. The molecule has 88 heavy (non-hydrogen) atoms. The Balaban J connectivity index is 0.000000133. The Bertz CT molecular complexity index is 3880. The van der Waals surface area contributed by atoms with Crippen molar-refractivity contribution >= 4 is 34.2 Å². The number of hydrogen-bond donors (Lipinski definition) is 1. The van der Waals surface area contributed by atoms with Crippen LogP contribution in [0, 0.1) is 102 Å². The monoisotopic (exact) mass is 1160 g/mol. The van der Waals surface area contributed by atoms with Gasteiger partial charge in [-0.3, -0.25) is 14.4 Å². The summed E-state index contributed by atoms with van der Waals surface area (Å²) in [7, 11) is 0. The van der Waals surface area contributed by atoms with Crippen LogP contribution >= 0.6 is 0 Å². The molecular weight excluding hydrogens is 1070 g/mol. The second-order valence-corrected chi connectivity index (χ2v) is 26.1. The van der Waals surface area contributed by atoms with Crippen molar-refractivity contribution < 1.29 is 14.4 Å². The Hall–Kier alpha value is -8.47. The second-order valence-electron chi connectivity index (χ2n) is 26.1. The zero-order valence-electron chi connectivity index (χ0n) is 54.9. The fourth-order valence-corrected chi connectivity index (χ4v) is 13.9. The van der Waals surface area contributed by atoms with E-state index >= 15 is 0 Å². The molecule has 0 fully saturated rings. The highest BCUT2D eigenvalue weighted by molar-refractivity contribution is 6.31. The Kier molecular flexibility index (Phi) is 20.5. The van der Waals surface area contributed by atoms with E-state index in [9.17, 15) is 14.4 Å². The Morgan fingerprint density at radius 1 is 0.409 bits per heavy atom. The van der Waals surface area contributed by atoms with E-state index in [1.807, 2.05) is 64.1 Å². The Morgan fingerprint density at radius 3 is 1.30 bits per heavy atom. The number of nitrogens with two attached hydrogens (primary N) is 1. The zero-order valence-corrected chi connectivity index (χ0v) is 54.9. The molecule has 4 nitrogen and oxygen atoms in total. The van der Waals surface area contributed by atoms with Crippen LogP contribution < -0.4 is 5.73 Å². The van der Waals surface area contributed by atoms with Gasteiger partial charge in [0.25, 0.3) is 0 Å². The van der Waals surface area contributed by atoms with Crippen LogP contribution in [0.25, 0.3) is 11.1 Å². The number of benzene rings is 8. The first-order valence-corrected chi connectivity index (χ1v) is 31.9. The zero-order chi connectivity index (χ0) is 63.1. The van der Waals surface area contributed by atoms with Gasteiger partial charge in [0.2, 0.25) is 0 Å². The largest absolute Gasteiger partial charge is 0.399 e. The molecule has 2 N–H and O–H groups in total. The van der Waals surface area contributed by atoms with Crippen molar-refractivity contribution in [3.8, 4) is 0 Å². The highest BCUT2D eigenvalue weighted by atomic mass is 16.1. The van der Waals surface area contributed by atoms with Gasteiger partial charge in [-0.05, 0) is 249 Å². The van der Waals surface area contributed by atoms with Crippen LogP contribution in [0.4, 0.5) is 5.69 Å². The molecular formula is C84H91NO3. The van der Waals surface area contributed by atoms with Crippen molar-refractivity contribution in [1.29, 1.82) is 0 Å². The lowest BCUT2D eigenvalue weighted by Gasteiger charge is -2.29. The van der Waals surface area contributed by atoms with Crippen molar-refractivity contribution in [2.24, 2.45) is 11.8 Å². The molecule has 4 heteroatoms. The van der Waals surface area contributed by atoms with Gasteiger partial charge in [-0.25, -0.2) is 0 Å². The van der Waals surface area contributed by atoms with Gasteiger partial charge in [0.1, 0.15) is 0 Å². The normalized spacial score (nSPS) is 17.0. The first-order valence-electron chi connectivity index (χ1n) is 31.9. The SMILES string of the molecule is Cc1cc(C)c2c(c1)CCC(C1=CCC(C)C=C1)C2.Cc1cc(C)cc(N)c1.Cc1ccc(C2=CCc3cc(C)cc(C)c3C2=O)cc1.Cc1ccc(C2=CCc3cc(C)cc(C)c3C2=O)cc1.Cc1ccc(C2CCc3cc(C)cc(C)c3C2=O)cc1. The molecule has 5 aliphatic rings. The Morgan fingerprint density at radius 2 is 0.830 bits per heavy atom. The number of fused-ring (bicyclic) bond motifs is 4. The van der Waals surface area contributed by atoms with E-state index in [2.05, 4.69) is 203 Å². The van der Waals surface area contributed by atoms with Gasteiger partial charge in [0.05, 0.1) is 0 Å². The number of allylic oxidation sites excluding steroid dienone is 8. The van der Waals surface area contributed by atoms with Crippen molar-refractivity contribution in [3.63, 3.8) is 0 Å². The summed E-state index contributed by atoms with van der Waals surface area (Å²) in [4.78, 5) is 38.4. The molecule has 0 bridgehead atoms. The Labute approximate surface area is 526 Å². The summed E-state index contributed by atoms with van der Waals surface area (Å²) >= 11 is 0. The van der Waals surface area contributed by atoms with E-state index in [1.54, 1.807) is 16.7 Å². The van der Waals surface area contributed by atoms with Gasteiger partial charge < -0.3 is 5.73 Å². The lowest BCUT2D eigenvalue weighted by molar-refractivity contribution is 0.0944. The molecule has 5 aliphatic carbocycles. The number of nitrogen functional groups attached to an aromatic ring is 1. The van der Waals surface area contributed by atoms with Crippen molar-refractivity contribution in [2.45, 2.75) is 154 Å². The molecule has 0 amide bonds. The first kappa shape index (κ1) is 64.0. The smallest absolute Gasteiger partial charge is 0.193 e. The molecule has 0 aromatic heterocycles. The first-order chi connectivity index (χ1) is 42.0. The summed E-state index contributed by atoms with van der Waals surface area (Å²) in [6.07, 6.45) is 20.0. The number of hydrogen-bond acceptors (Lipinski definition) is 4. The fraction of sp³-hybridized carbons (Fsp3) is 0.298. The number of aryl methyl sites for hydroxylation is 15. The number of carbonyl (C=O) groups excluding carboxylic acids is 3. The minimum Gasteiger partial charge on any atom is -0.399 e. The number of anilines is 1. The van der Waals surface area contributed by atoms with E-state index in [0.717, 1.165) is 116 Å². The molecule has 0 saturated carbocycles. The summed E-state index contributed by atoms with van der Waals surface area (Å²) in [6.45, 7) is 29.5. The van der Waals surface area contributed by atoms with Crippen molar-refractivity contribution in [3.05, 3.63) is 309 Å². The van der Waals surface area contributed by atoms with E-state index in [1.165, 1.54) is 86.9 Å². The van der Waals surface area contributed by atoms with Gasteiger partial charge in [-0.2, -0.15) is 0 Å². The number of rotatable bonds is 4. The third-order valence-corrected chi connectivity index (χ3v) is 18.1. The fourth-order valence-electron chi connectivity index (χ4n) is 13.9. The molecule has 450 valence electrons. The lowest BCUT2D eigenvalue weighted by Crippen LogP contribution is -2.22. The van der Waals surface area contributed by atoms with Crippen LogP contribution in [0.2, 0.25) is 0 Å². The van der Waals surface area contributed by atoms with E-state index in [4.69, 9.17) is 5.73 Å². The average molecular weight is 1160 g/mol. The van der Waals surface area contributed by atoms with Gasteiger partial charge in [0.15, 0.2) is 17.3 Å². The molecule has 8 aromatic carbocycles. The van der Waals surface area contributed by atoms with Crippen LogP contribution in [-0.4, -0.2) is 17.3 Å². The average Bonchev–Trinajstić information content (AvgIpc) is 1.60. The summed E-state index contributed by atoms with van der Waals surface area (Å²) < 4.78 is 0. The topological polar surface area (TPSA) is 77.2 Å². The molecule has 3 unspecified atom stereocenters. The van der Waals surface area contributed by atoms with Gasteiger partial charge in [-0.15, -0.1) is 0 Å². The lowest BCUT2D eigenvalue weighted by atomic mass is 9.76. The quantitative estimate of drug-likeness (QED) is 0.178. The minimum absolute atomic E-state index is 0.0320. The van der Waals surface area contributed by atoms with Crippen LogP contribution in [0.1, 0.15) is 180 Å². The van der Waals surface area contributed by atoms with Crippen molar-refractivity contribution in [2.75, 3.05) is 5.73 Å². The minimum atomic E-state index is 0.0320. The van der Waals surface area contributed by atoms with Gasteiger partial charge in [0, 0.05) is 39.4 Å². The van der Waals surface area contributed by atoms with Gasteiger partial charge >= 0.3 is 0 Å². The molecule has 0 heterocycles. The molecule has 0 saturated heterocycles. The van der Waals surface area contributed by atoms with Crippen LogP contribution in [0.3, 0.4) is 0 Å². The predicted molar refractivity (Wildman–Crippen MR) is 371 cm³/mol. The molecule has 0 spiro atoms.